The highest BCUT2D eigenvalue weighted by Gasteiger charge is 2.30. The molecule has 0 unspecified atom stereocenters. The van der Waals surface area contributed by atoms with Crippen molar-refractivity contribution >= 4 is 12.1 Å². The SMILES string of the molecule is CC(C)(C)OC(=O)N(CC(=O)O)CC1CC1. The number of carbonyl (C=O) groups excluding carboxylic acids is 1. The molecule has 0 atom stereocenters. The predicted molar refractivity (Wildman–Crippen MR) is 58.2 cm³/mol. The number of aliphatic carboxylic acids is 1. The second-order valence-electron chi connectivity index (χ2n) is 5.20. The number of rotatable bonds is 4. The lowest BCUT2D eigenvalue weighted by atomic mass is 10.2. The van der Waals surface area contributed by atoms with Crippen LogP contribution in [0.1, 0.15) is 33.6 Å². The second kappa shape index (κ2) is 4.72. The van der Waals surface area contributed by atoms with Crippen molar-refractivity contribution in [2.75, 3.05) is 13.1 Å². The highest BCUT2D eigenvalue weighted by atomic mass is 16.6. The van der Waals surface area contributed by atoms with Crippen LogP contribution in [-0.4, -0.2) is 40.8 Å². The Balaban J connectivity index is 2.52. The lowest BCUT2D eigenvalue weighted by Gasteiger charge is -2.26. The maximum absolute atomic E-state index is 11.7. The highest BCUT2D eigenvalue weighted by molar-refractivity contribution is 5.76. The van der Waals surface area contributed by atoms with E-state index in [0.29, 0.717) is 12.5 Å². The van der Waals surface area contributed by atoms with Crippen molar-refractivity contribution < 1.29 is 19.4 Å². The van der Waals surface area contributed by atoms with Crippen LogP contribution >= 0.6 is 0 Å². The van der Waals surface area contributed by atoms with Crippen LogP contribution in [0.3, 0.4) is 0 Å². The van der Waals surface area contributed by atoms with Gasteiger partial charge in [-0.25, -0.2) is 4.79 Å². The van der Waals surface area contributed by atoms with Crippen LogP contribution in [0.25, 0.3) is 0 Å². The van der Waals surface area contributed by atoms with Gasteiger partial charge >= 0.3 is 12.1 Å². The van der Waals surface area contributed by atoms with Crippen LogP contribution < -0.4 is 0 Å². The minimum absolute atomic E-state index is 0.286. The summed E-state index contributed by atoms with van der Waals surface area (Å²) in [7, 11) is 0. The van der Waals surface area contributed by atoms with Gasteiger partial charge in [0.1, 0.15) is 12.1 Å². The summed E-state index contributed by atoms with van der Waals surface area (Å²) in [6.45, 7) is 5.50. The van der Waals surface area contributed by atoms with Crippen LogP contribution in [0.5, 0.6) is 0 Å². The number of ether oxygens (including phenoxy) is 1. The van der Waals surface area contributed by atoms with E-state index in [1.54, 1.807) is 20.8 Å². The van der Waals surface area contributed by atoms with Gasteiger partial charge in [0.2, 0.25) is 0 Å². The molecule has 5 heteroatoms. The van der Waals surface area contributed by atoms with Gasteiger partial charge in [-0.1, -0.05) is 0 Å². The molecule has 92 valence electrons. The zero-order valence-corrected chi connectivity index (χ0v) is 10.0. The highest BCUT2D eigenvalue weighted by Crippen LogP contribution is 2.30. The van der Waals surface area contributed by atoms with Gasteiger partial charge in [-0.3, -0.25) is 9.69 Å². The number of amides is 1. The van der Waals surface area contributed by atoms with Crippen LogP contribution in [0.15, 0.2) is 0 Å². The number of hydrogen-bond donors (Lipinski definition) is 1. The molecule has 5 nitrogen and oxygen atoms in total. The zero-order chi connectivity index (χ0) is 12.3. The molecule has 0 aromatic carbocycles. The van der Waals surface area contributed by atoms with E-state index < -0.39 is 17.7 Å². The quantitative estimate of drug-likeness (QED) is 0.797. The van der Waals surface area contributed by atoms with Gasteiger partial charge < -0.3 is 9.84 Å². The first-order valence-electron chi connectivity index (χ1n) is 5.47. The molecule has 0 radical (unpaired) electrons. The molecule has 1 amide bonds. The topological polar surface area (TPSA) is 66.8 Å². The van der Waals surface area contributed by atoms with E-state index in [4.69, 9.17) is 9.84 Å². The minimum Gasteiger partial charge on any atom is -0.480 e. The van der Waals surface area contributed by atoms with E-state index in [9.17, 15) is 9.59 Å². The Hall–Kier alpha value is -1.26. The minimum atomic E-state index is -1.01. The molecule has 0 aliphatic heterocycles. The Morgan fingerprint density at radius 3 is 2.31 bits per heavy atom. The summed E-state index contributed by atoms with van der Waals surface area (Å²) in [5, 5.41) is 8.71. The number of carboxylic acids is 1. The number of nitrogens with zero attached hydrogens (tertiary/aromatic N) is 1. The molecule has 1 fully saturated rings. The maximum atomic E-state index is 11.7. The van der Waals surface area contributed by atoms with Gasteiger partial charge in [0.15, 0.2) is 0 Å². The summed E-state index contributed by atoms with van der Waals surface area (Å²) in [6.07, 6.45) is 1.60. The van der Waals surface area contributed by atoms with Crippen LogP contribution in [0.4, 0.5) is 4.79 Å². The van der Waals surface area contributed by atoms with Gasteiger partial charge in [-0.15, -0.1) is 0 Å². The van der Waals surface area contributed by atoms with Crippen LogP contribution in [-0.2, 0) is 9.53 Å². The third kappa shape index (κ3) is 5.00. The monoisotopic (exact) mass is 229 g/mol. The van der Waals surface area contributed by atoms with Crippen LogP contribution in [0.2, 0.25) is 0 Å². The normalized spacial score (nSPS) is 15.7. The molecule has 0 heterocycles. The lowest BCUT2D eigenvalue weighted by molar-refractivity contribution is -0.138. The Morgan fingerprint density at radius 2 is 1.94 bits per heavy atom. The molecule has 0 aromatic heterocycles. The van der Waals surface area contributed by atoms with Crippen molar-refractivity contribution in [1.29, 1.82) is 0 Å². The van der Waals surface area contributed by atoms with Gasteiger partial charge in [-0.05, 0) is 39.5 Å². The summed E-state index contributed by atoms with van der Waals surface area (Å²) >= 11 is 0. The van der Waals surface area contributed by atoms with Crippen molar-refractivity contribution in [2.45, 2.75) is 39.2 Å². The first-order valence-corrected chi connectivity index (χ1v) is 5.47. The summed E-state index contributed by atoms with van der Waals surface area (Å²) in [5.74, 6) is -0.557. The Kier molecular flexibility index (Phi) is 3.78. The van der Waals surface area contributed by atoms with E-state index in [1.165, 1.54) is 4.90 Å². The largest absolute Gasteiger partial charge is 0.480 e. The predicted octanol–water partition coefficient (Wildman–Crippen LogP) is 1.72. The van der Waals surface area contributed by atoms with Crippen LogP contribution in [0, 0.1) is 5.92 Å². The molecular formula is C11H19NO4. The fourth-order valence-corrected chi connectivity index (χ4v) is 1.31. The molecule has 16 heavy (non-hydrogen) atoms. The summed E-state index contributed by atoms with van der Waals surface area (Å²) in [5.41, 5.74) is -0.586. The average Bonchev–Trinajstić information content (AvgIpc) is 2.82. The Morgan fingerprint density at radius 1 is 1.38 bits per heavy atom. The van der Waals surface area contributed by atoms with Gasteiger partial charge in [0.05, 0.1) is 0 Å². The Labute approximate surface area is 95.4 Å². The summed E-state index contributed by atoms with van der Waals surface area (Å²) < 4.78 is 5.15. The van der Waals surface area contributed by atoms with Crippen molar-refractivity contribution in [3.8, 4) is 0 Å². The smallest absolute Gasteiger partial charge is 0.410 e. The first-order chi connectivity index (χ1) is 7.28. The molecule has 0 saturated heterocycles. The van der Waals surface area contributed by atoms with Gasteiger partial charge in [0, 0.05) is 6.54 Å². The molecule has 1 saturated carbocycles. The van der Waals surface area contributed by atoms with Crippen molar-refractivity contribution in [1.82, 2.24) is 4.90 Å². The number of carboxylic acid groups (broad SMARTS) is 1. The van der Waals surface area contributed by atoms with Crippen molar-refractivity contribution in [2.24, 2.45) is 5.92 Å². The second-order valence-corrected chi connectivity index (χ2v) is 5.20. The fourth-order valence-electron chi connectivity index (χ4n) is 1.31. The molecule has 1 N–H and O–H groups in total. The maximum Gasteiger partial charge on any atom is 0.410 e. The molecule has 0 spiro atoms. The molecule has 1 aliphatic carbocycles. The fraction of sp³-hybridized carbons (Fsp3) is 0.818. The van der Waals surface area contributed by atoms with E-state index >= 15 is 0 Å². The third-order valence-corrected chi connectivity index (χ3v) is 2.15. The molecular weight excluding hydrogens is 210 g/mol. The number of hydrogen-bond acceptors (Lipinski definition) is 3. The first kappa shape index (κ1) is 12.8. The zero-order valence-electron chi connectivity index (χ0n) is 10.0. The van der Waals surface area contributed by atoms with Crippen molar-refractivity contribution in [3.63, 3.8) is 0 Å². The van der Waals surface area contributed by atoms with E-state index in [0.717, 1.165) is 12.8 Å². The average molecular weight is 229 g/mol. The third-order valence-electron chi connectivity index (χ3n) is 2.15. The summed E-state index contributed by atoms with van der Waals surface area (Å²) in [4.78, 5) is 23.6. The lowest BCUT2D eigenvalue weighted by Crippen LogP contribution is -2.40. The molecule has 0 bridgehead atoms. The Bertz CT molecular complexity index is 278. The van der Waals surface area contributed by atoms with E-state index in [1.807, 2.05) is 0 Å². The van der Waals surface area contributed by atoms with Gasteiger partial charge in [0.25, 0.3) is 0 Å². The molecule has 0 aromatic rings. The number of carbonyl (C=O) groups is 2. The molecule has 1 rings (SSSR count). The van der Waals surface area contributed by atoms with E-state index in [2.05, 4.69) is 0 Å². The summed E-state index contributed by atoms with van der Waals surface area (Å²) in [6, 6.07) is 0. The standard InChI is InChI=1S/C11H19NO4/c1-11(2,3)16-10(15)12(7-9(13)14)6-8-4-5-8/h8H,4-7H2,1-3H3,(H,13,14). The molecule has 1 aliphatic rings. The van der Waals surface area contributed by atoms with E-state index in [-0.39, 0.29) is 6.54 Å². The van der Waals surface area contributed by atoms with Crippen molar-refractivity contribution in [3.05, 3.63) is 0 Å². The van der Waals surface area contributed by atoms with Gasteiger partial charge in [-0.2, -0.15) is 0 Å².